The SMILES string of the molecule is N#Cc1ccc(-c2nc(Cc3ccc(Br)cc3)no2)[nH]1. The van der Waals surface area contributed by atoms with Gasteiger partial charge >= 0.3 is 0 Å². The molecule has 0 radical (unpaired) electrons. The molecule has 1 aromatic carbocycles. The van der Waals surface area contributed by atoms with Crippen LogP contribution in [0.15, 0.2) is 45.4 Å². The zero-order valence-electron chi connectivity index (χ0n) is 10.3. The summed E-state index contributed by atoms with van der Waals surface area (Å²) in [5, 5.41) is 12.7. The van der Waals surface area contributed by atoms with E-state index < -0.39 is 0 Å². The minimum atomic E-state index is 0.388. The van der Waals surface area contributed by atoms with Gasteiger partial charge < -0.3 is 9.51 Å². The lowest BCUT2D eigenvalue weighted by atomic mass is 10.1. The molecule has 0 aliphatic rings. The van der Waals surface area contributed by atoms with E-state index >= 15 is 0 Å². The number of nitrogens with zero attached hydrogens (tertiary/aromatic N) is 3. The summed E-state index contributed by atoms with van der Waals surface area (Å²) in [4.78, 5) is 7.22. The summed E-state index contributed by atoms with van der Waals surface area (Å²) in [5.74, 6) is 0.994. The molecule has 6 heteroatoms. The Bertz CT molecular complexity index is 767. The Morgan fingerprint density at radius 3 is 2.70 bits per heavy atom. The van der Waals surface area contributed by atoms with Crippen molar-refractivity contribution in [1.29, 1.82) is 5.26 Å². The first kappa shape index (κ1) is 12.6. The van der Waals surface area contributed by atoms with Gasteiger partial charge in [-0.3, -0.25) is 0 Å². The van der Waals surface area contributed by atoms with E-state index in [0.29, 0.717) is 29.5 Å². The van der Waals surface area contributed by atoms with Crippen molar-refractivity contribution in [2.75, 3.05) is 0 Å². The van der Waals surface area contributed by atoms with E-state index in [1.54, 1.807) is 12.1 Å². The molecule has 2 heterocycles. The largest absolute Gasteiger partial charge is 0.342 e. The second-order valence-corrected chi connectivity index (χ2v) is 5.13. The zero-order chi connectivity index (χ0) is 13.9. The molecule has 0 spiro atoms. The topological polar surface area (TPSA) is 78.5 Å². The van der Waals surface area contributed by atoms with E-state index in [-0.39, 0.29) is 0 Å². The summed E-state index contributed by atoms with van der Waals surface area (Å²) in [7, 11) is 0. The number of aromatic nitrogens is 3. The maximum Gasteiger partial charge on any atom is 0.274 e. The Kier molecular flexibility index (Phi) is 3.35. The van der Waals surface area contributed by atoms with Crippen LogP contribution in [0, 0.1) is 11.3 Å². The highest BCUT2D eigenvalue weighted by Crippen LogP contribution is 2.18. The lowest BCUT2D eigenvalue weighted by Crippen LogP contribution is -1.90. The van der Waals surface area contributed by atoms with Crippen LogP contribution < -0.4 is 0 Å². The van der Waals surface area contributed by atoms with Gasteiger partial charge in [-0.15, -0.1) is 0 Å². The Morgan fingerprint density at radius 2 is 2.00 bits per heavy atom. The molecule has 3 aromatic rings. The zero-order valence-corrected chi connectivity index (χ0v) is 11.9. The normalized spacial score (nSPS) is 10.4. The van der Waals surface area contributed by atoms with Crippen molar-refractivity contribution < 1.29 is 4.52 Å². The highest BCUT2D eigenvalue weighted by atomic mass is 79.9. The fourth-order valence-electron chi connectivity index (χ4n) is 1.81. The van der Waals surface area contributed by atoms with Crippen molar-refractivity contribution in [1.82, 2.24) is 15.1 Å². The predicted molar refractivity (Wildman–Crippen MR) is 75.7 cm³/mol. The second kappa shape index (κ2) is 5.31. The molecular weight excluding hydrogens is 320 g/mol. The number of nitriles is 1. The maximum absolute atomic E-state index is 8.77. The first-order valence-electron chi connectivity index (χ1n) is 5.91. The van der Waals surface area contributed by atoms with Gasteiger partial charge in [0.2, 0.25) is 0 Å². The van der Waals surface area contributed by atoms with Crippen LogP contribution in [0.3, 0.4) is 0 Å². The van der Waals surface area contributed by atoms with Gasteiger partial charge in [-0.05, 0) is 29.8 Å². The number of benzene rings is 1. The third kappa shape index (κ3) is 2.63. The standard InChI is InChI=1S/C14H9BrN4O/c15-10-3-1-9(2-4-10)7-13-18-14(20-19-13)12-6-5-11(8-16)17-12/h1-6,17H,7H2. The van der Waals surface area contributed by atoms with Gasteiger partial charge in [0.25, 0.3) is 5.89 Å². The van der Waals surface area contributed by atoms with Gasteiger partial charge in [-0.2, -0.15) is 10.2 Å². The Balaban J connectivity index is 1.80. The summed E-state index contributed by atoms with van der Waals surface area (Å²) in [6, 6.07) is 13.4. The van der Waals surface area contributed by atoms with E-state index in [9.17, 15) is 0 Å². The average molecular weight is 329 g/mol. The van der Waals surface area contributed by atoms with Crippen LogP contribution in [-0.4, -0.2) is 15.1 Å². The molecule has 0 saturated heterocycles. The molecule has 0 amide bonds. The first-order chi connectivity index (χ1) is 9.74. The molecule has 5 nitrogen and oxygen atoms in total. The van der Waals surface area contributed by atoms with Crippen LogP contribution in [0.4, 0.5) is 0 Å². The molecule has 0 unspecified atom stereocenters. The molecule has 2 aromatic heterocycles. The van der Waals surface area contributed by atoms with Crippen molar-refractivity contribution in [3.63, 3.8) is 0 Å². The van der Waals surface area contributed by atoms with E-state index in [4.69, 9.17) is 9.78 Å². The number of hydrogen-bond donors (Lipinski definition) is 1. The average Bonchev–Trinajstić information content (AvgIpc) is 3.10. The maximum atomic E-state index is 8.77. The Morgan fingerprint density at radius 1 is 1.20 bits per heavy atom. The quantitative estimate of drug-likeness (QED) is 0.800. The van der Waals surface area contributed by atoms with Gasteiger partial charge in [-0.25, -0.2) is 0 Å². The number of halogens is 1. The number of H-pyrrole nitrogens is 1. The highest BCUT2D eigenvalue weighted by molar-refractivity contribution is 9.10. The third-order valence-corrected chi connectivity index (χ3v) is 3.31. The van der Waals surface area contributed by atoms with Crippen LogP contribution in [0.25, 0.3) is 11.6 Å². The molecular formula is C14H9BrN4O. The van der Waals surface area contributed by atoms with Gasteiger partial charge in [0.15, 0.2) is 5.82 Å². The minimum Gasteiger partial charge on any atom is -0.342 e. The Hall–Kier alpha value is -2.39. The summed E-state index contributed by atoms with van der Waals surface area (Å²) >= 11 is 3.39. The van der Waals surface area contributed by atoms with Gasteiger partial charge in [0, 0.05) is 10.9 Å². The van der Waals surface area contributed by atoms with Crippen molar-refractivity contribution in [3.8, 4) is 17.7 Å². The van der Waals surface area contributed by atoms with Crippen LogP contribution in [0.1, 0.15) is 17.1 Å². The monoisotopic (exact) mass is 328 g/mol. The molecule has 1 N–H and O–H groups in total. The third-order valence-electron chi connectivity index (χ3n) is 2.78. The van der Waals surface area contributed by atoms with Crippen LogP contribution in [0.5, 0.6) is 0 Å². The molecule has 3 rings (SSSR count). The summed E-state index contributed by atoms with van der Waals surface area (Å²) in [5.41, 5.74) is 2.22. The molecule has 0 fully saturated rings. The molecule has 20 heavy (non-hydrogen) atoms. The van der Waals surface area contributed by atoms with E-state index in [2.05, 4.69) is 31.1 Å². The number of nitrogens with one attached hydrogen (secondary N) is 1. The van der Waals surface area contributed by atoms with E-state index in [1.807, 2.05) is 30.3 Å². The van der Waals surface area contributed by atoms with Gasteiger partial charge in [0.1, 0.15) is 17.5 Å². The van der Waals surface area contributed by atoms with Crippen LogP contribution in [0.2, 0.25) is 0 Å². The van der Waals surface area contributed by atoms with Crippen molar-refractivity contribution >= 4 is 15.9 Å². The molecule has 0 aliphatic heterocycles. The second-order valence-electron chi connectivity index (χ2n) is 4.22. The van der Waals surface area contributed by atoms with Crippen LogP contribution in [-0.2, 0) is 6.42 Å². The molecule has 0 bridgehead atoms. The summed E-state index contributed by atoms with van der Waals surface area (Å²) < 4.78 is 6.23. The highest BCUT2D eigenvalue weighted by Gasteiger charge is 2.11. The predicted octanol–water partition coefficient (Wildman–Crippen LogP) is 3.29. The molecule has 0 atom stereocenters. The minimum absolute atomic E-state index is 0.388. The van der Waals surface area contributed by atoms with E-state index in [1.165, 1.54) is 0 Å². The van der Waals surface area contributed by atoms with E-state index in [0.717, 1.165) is 10.0 Å². The Labute approximate surface area is 123 Å². The fraction of sp³-hybridized carbons (Fsp3) is 0.0714. The molecule has 0 aliphatic carbocycles. The van der Waals surface area contributed by atoms with Crippen molar-refractivity contribution in [2.45, 2.75) is 6.42 Å². The summed E-state index contributed by atoms with van der Waals surface area (Å²) in [6.07, 6.45) is 0.600. The number of aromatic amines is 1. The van der Waals surface area contributed by atoms with Gasteiger partial charge in [0.05, 0.1) is 0 Å². The van der Waals surface area contributed by atoms with Gasteiger partial charge in [-0.1, -0.05) is 33.2 Å². The molecule has 98 valence electrons. The lowest BCUT2D eigenvalue weighted by Gasteiger charge is -1.96. The lowest BCUT2D eigenvalue weighted by molar-refractivity contribution is 0.423. The smallest absolute Gasteiger partial charge is 0.274 e. The van der Waals surface area contributed by atoms with Crippen molar-refractivity contribution in [3.05, 3.63) is 58.0 Å². The van der Waals surface area contributed by atoms with Crippen molar-refractivity contribution in [2.24, 2.45) is 0 Å². The number of rotatable bonds is 3. The summed E-state index contributed by atoms with van der Waals surface area (Å²) in [6.45, 7) is 0. The number of hydrogen-bond acceptors (Lipinski definition) is 4. The first-order valence-corrected chi connectivity index (χ1v) is 6.70. The molecule has 0 saturated carbocycles. The fourth-order valence-corrected chi connectivity index (χ4v) is 2.07. The van der Waals surface area contributed by atoms with Crippen LogP contribution >= 0.6 is 15.9 Å².